The molecule has 3 fully saturated rings. The number of piperidine rings is 2. The van der Waals surface area contributed by atoms with Gasteiger partial charge in [-0.1, -0.05) is 17.7 Å². The van der Waals surface area contributed by atoms with Gasteiger partial charge in [0, 0.05) is 67.5 Å². The number of aromatic nitrogens is 6. The maximum Gasteiger partial charge on any atom is 0.213 e. The van der Waals surface area contributed by atoms with E-state index in [9.17, 15) is 0 Å². The van der Waals surface area contributed by atoms with Crippen LogP contribution in [0.2, 0.25) is 5.02 Å². The molecule has 1 aliphatic carbocycles. The van der Waals surface area contributed by atoms with E-state index in [2.05, 4.69) is 19.4 Å². The third kappa shape index (κ3) is 2.31. The van der Waals surface area contributed by atoms with Crippen LogP contribution in [0.3, 0.4) is 0 Å². The Hall–Kier alpha value is -3.10. The summed E-state index contributed by atoms with van der Waals surface area (Å²) in [6.07, 6.45) is 8.97. The van der Waals surface area contributed by atoms with E-state index in [1.54, 1.807) is 4.68 Å². The molecule has 3 atom stereocenters. The molecule has 4 aromatic heterocycles. The number of rotatable bonds is 2. The van der Waals surface area contributed by atoms with E-state index >= 15 is 0 Å². The second kappa shape index (κ2) is 5.99. The largest absolute Gasteiger partial charge is 0.345 e. The van der Waals surface area contributed by atoms with E-state index in [-0.39, 0.29) is 0 Å². The van der Waals surface area contributed by atoms with Gasteiger partial charge in [0.05, 0.1) is 15.9 Å². The van der Waals surface area contributed by atoms with Gasteiger partial charge < -0.3 is 15.6 Å². The Morgan fingerprint density at radius 2 is 2.03 bits per heavy atom. The number of nitrogens with two attached hydrogens (primary N) is 1. The summed E-state index contributed by atoms with van der Waals surface area (Å²) in [4.78, 5) is 15.4. The van der Waals surface area contributed by atoms with Gasteiger partial charge in [0.2, 0.25) is 5.95 Å². The molecule has 8 nitrogen and oxygen atoms in total. The fraction of sp³-hybridized carbons (Fsp3) is 0.318. The number of H-pyrrole nitrogens is 1. The molecule has 1 unspecified atom stereocenters. The molecule has 2 saturated heterocycles. The van der Waals surface area contributed by atoms with Crippen LogP contribution in [0.5, 0.6) is 0 Å². The van der Waals surface area contributed by atoms with Crippen molar-refractivity contribution < 1.29 is 0 Å². The molecular weight excluding hydrogens is 412 g/mol. The number of fused-ring (bicyclic) bond motifs is 6. The Morgan fingerprint density at radius 1 is 1.19 bits per heavy atom. The number of halogens is 1. The minimum atomic E-state index is 0.333. The number of hydrogen-bond acceptors (Lipinski definition) is 5. The van der Waals surface area contributed by atoms with Crippen molar-refractivity contribution in [1.82, 2.24) is 29.1 Å². The average molecular weight is 433 g/mol. The number of anilines is 1. The molecule has 156 valence electrons. The van der Waals surface area contributed by atoms with Gasteiger partial charge in [-0.2, -0.15) is 10.1 Å². The van der Waals surface area contributed by atoms with Crippen LogP contribution >= 0.6 is 11.6 Å². The first-order valence-corrected chi connectivity index (χ1v) is 10.9. The number of aromatic amines is 1. The third-order valence-electron chi connectivity index (χ3n) is 7.07. The fourth-order valence-corrected chi connectivity index (χ4v) is 5.75. The molecule has 0 amide bonds. The Kier molecular flexibility index (Phi) is 3.39. The summed E-state index contributed by atoms with van der Waals surface area (Å²) in [5.41, 5.74) is 10.8. The summed E-state index contributed by atoms with van der Waals surface area (Å²) in [5, 5.41) is 7.05. The van der Waals surface area contributed by atoms with Crippen molar-refractivity contribution in [1.29, 1.82) is 0 Å². The molecule has 9 heteroatoms. The predicted molar refractivity (Wildman–Crippen MR) is 121 cm³/mol. The molecule has 1 saturated carbocycles. The summed E-state index contributed by atoms with van der Waals surface area (Å²) in [7, 11) is 1.90. The highest BCUT2D eigenvalue weighted by molar-refractivity contribution is 6.38. The van der Waals surface area contributed by atoms with Crippen molar-refractivity contribution >= 4 is 45.1 Å². The SMILES string of the molecule is Cn1cc2c(Cl)c(-c3c[nH]c4nc(N5C[C@H]6C[C@@H](C5)C6N)n5ccnc5c34)ccc2n1. The lowest BCUT2D eigenvalue weighted by molar-refractivity contribution is 0.114. The van der Waals surface area contributed by atoms with Crippen molar-refractivity contribution in [2.75, 3.05) is 18.0 Å². The monoisotopic (exact) mass is 432 g/mol. The van der Waals surface area contributed by atoms with Crippen LogP contribution in [0.4, 0.5) is 5.95 Å². The van der Waals surface area contributed by atoms with Gasteiger partial charge in [-0.3, -0.25) is 9.08 Å². The fourth-order valence-electron chi connectivity index (χ4n) is 5.44. The lowest BCUT2D eigenvalue weighted by Gasteiger charge is -2.52. The van der Waals surface area contributed by atoms with E-state index in [4.69, 9.17) is 27.3 Å². The van der Waals surface area contributed by atoms with Crippen molar-refractivity contribution in [3.8, 4) is 11.1 Å². The van der Waals surface area contributed by atoms with Crippen LogP contribution in [-0.4, -0.2) is 48.3 Å². The Labute approximate surface area is 182 Å². The van der Waals surface area contributed by atoms with Crippen LogP contribution in [0.1, 0.15) is 6.42 Å². The van der Waals surface area contributed by atoms with Crippen molar-refractivity contribution in [2.45, 2.75) is 12.5 Å². The van der Waals surface area contributed by atoms with Crippen LogP contribution in [0, 0.1) is 11.8 Å². The van der Waals surface area contributed by atoms with Gasteiger partial charge in [-0.05, 0) is 24.3 Å². The molecule has 0 radical (unpaired) electrons. The number of aryl methyl sites for hydroxylation is 1. The van der Waals surface area contributed by atoms with Crippen molar-refractivity contribution in [2.24, 2.45) is 24.6 Å². The standard InChI is InChI=1S/C22H21ClN8/c1-29-10-15-16(28-29)3-2-13(18(15)23)14-7-26-20-17(14)21-25-4-5-31(21)22(27-20)30-8-11-6-12(9-30)19(11)24/h2-5,7,10-12,19,26H,6,8-9,24H2,1H3/t11-,12+,19?. The zero-order valence-electron chi connectivity index (χ0n) is 17.0. The summed E-state index contributed by atoms with van der Waals surface area (Å²) < 4.78 is 3.87. The summed E-state index contributed by atoms with van der Waals surface area (Å²) >= 11 is 6.82. The van der Waals surface area contributed by atoms with E-state index < -0.39 is 0 Å². The molecule has 6 heterocycles. The average Bonchev–Trinajstić information content (AvgIpc) is 3.50. The van der Waals surface area contributed by atoms with Crippen molar-refractivity contribution in [3.63, 3.8) is 0 Å². The minimum Gasteiger partial charge on any atom is -0.345 e. The molecule has 31 heavy (non-hydrogen) atoms. The molecule has 0 spiro atoms. The number of benzene rings is 1. The second-order valence-electron chi connectivity index (χ2n) is 8.86. The quantitative estimate of drug-likeness (QED) is 0.447. The van der Waals surface area contributed by atoms with Crippen molar-refractivity contribution in [3.05, 3.63) is 41.9 Å². The number of nitrogens with zero attached hydrogens (tertiary/aromatic N) is 6. The number of imidazole rings is 1. The maximum absolute atomic E-state index is 6.82. The molecule has 3 aliphatic rings. The zero-order chi connectivity index (χ0) is 20.9. The lowest BCUT2D eigenvalue weighted by atomic mass is 9.67. The highest BCUT2D eigenvalue weighted by atomic mass is 35.5. The summed E-state index contributed by atoms with van der Waals surface area (Å²) in [6, 6.07) is 4.36. The first-order chi connectivity index (χ1) is 15.1. The third-order valence-corrected chi connectivity index (χ3v) is 7.47. The van der Waals surface area contributed by atoms with Crippen LogP contribution in [-0.2, 0) is 7.05 Å². The normalized spacial score (nSPS) is 23.2. The van der Waals surface area contributed by atoms with Crippen LogP contribution < -0.4 is 10.6 Å². The molecule has 8 rings (SSSR count). The molecule has 3 N–H and O–H groups in total. The number of hydrogen-bond donors (Lipinski definition) is 2. The lowest BCUT2D eigenvalue weighted by Crippen LogP contribution is -2.62. The second-order valence-corrected chi connectivity index (χ2v) is 9.24. The van der Waals surface area contributed by atoms with Crippen LogP contribution in [0.15, 0.2) is 36.9 Å². The van der Waals surface area contributed by atoms with E-state index in [0.717, 1.165) is 57.7 Å². The molecule has 5 aromatic rings. The molecule has 1 aromatic carbocycles. The van der Waals surface area contributed by atoms with Gasteiger partial charge in [0.25, 0.3) is 0 Å². The Morgan fingerprint density at radius 3 is 2.84 bits per heavy atom. The van der Waals surface area contributed by atoms with Gasteiger partial charge >= 0.3 is 0 Å². The maximum atomic E-state index is 6.82. The predicted octanol–water partition coefficient (Wildman–Crippen LogP) is 3.20. The van der Waals surface area contributed by atoms with E-state index in [0.29, 0.717) is 22.9 Å². The Balaban J connectivity index is 1.42. The first kappa shape index (κ1) is 17.6. The first-order valence-electron chi connectivity index (χ1n) is 10.6. The number of nitrogens with one attached hydrogen (secondary N) is 1. The smallest absolute Gasteiger partial charge is 0.213 e. The van der Waals surface area contributed by atoms with E-state index in [1.807, 2.05) is 44.0 Å². The van der Waals surface area contributed by atoms with Gasteiger partial charge in [-0.15, -0.1) is 0 Å². The minimum absolute atomic E-state index is 0.333. The Bertz CT molecular complexity index is 1480. The molecule has 2 bridgehead atoms. The van der Waals surface area contributed by atoms with Gasteiger partial charge in [-0.25, -0.2) is 4.98 Å². The highest BCUT2D eigenvalue weighted by Gasteiger charge is 2.45. The van der Waals surface area contributed by atoms with E-state index in [1.165, 1.54) is 6.42 Å². The summed E-state index contributed by atoms with van der Waals surface area (Å²) in [6.45, 7) is 1.89. The van der Waals surface area contributed by atoms with Gasteiger partial charge in [0.1, 0.15) is 5.65 Å². The van der Waals surface area contributed by atoms with Gasteiger partial charge in [0.15, 0.2) is 5.65 Å². The molecule has 2 aliphatic heterocycles. The topological polar surface area (TPSA) is 93.1 Å². The summed E-state index contributed by atoms with van der Waals surface area (Å²) in [5.74, 6) is 2.03. The zero-order valence-corrected chi connectivity index (χ0v) is 17.7. The highest BCUT2D eigenvalue weighted by Crippen LogP contribution is 2.42. The van der Waals surface area contributed by atoms with Crippen LogP contribution in [0.25, 0.3) is 38.7 Å². The molecular formula is C22H21ClN8.